The van der Waals surface area contributed by atoms with Crippen LogP contribution in [0.3, 0.4) is 0 Å². The van der Waals surface area contributed by atoms with Crippen LogP contribution in [0.15, 0.2) is 52.7 Å². The van der Waals surface area contributed by atoms with Gasteiger partial charge in [0.25, 0.3) is 11.8 Å². The number of imide groups is 1. The lowest BCUT2D eigenvalue weighted by Crippen LogP contribution is -2.39. The summed E-state index contributed by atoms with van der Waals surface area (Å²) in [6.07, 6.45) is 7.09. The number of rotatable bonds is 4. The number of nitrogens with zero attached hydrogens (tertiary/aromatic N) is 1. The Morgan fingerprint density at radius 3 is 2.33 bits per heavy atom. The van der Waals surface area contributed by atoms with Crippen molar-refractivity contribution >= 4 is 29.5 Å². The number of hydrogen-bond acceptors (Lipinski definition) is 8. The first-order chi connectivity index (χ1) is 17.2. The maximum atomic E-state index is 13.3. The minimum atomic E-state index is -0.795. The summed E-state index contributed by atoms with van der Waals surface area (Å²) in [6, 6.07) is 3.22. The van der Waals surface area contributed by atoms with Gasteiger partial charge in [0, 0.05) is 22.6 Å². The molecule has 4 unspecified atom stereocenters. The van der Waals surface area contributed by atoms with Gasteiger partial charge in [-0.2, -0.15) is 5.06 Å². The molecule has 36 heavy (non-hydrogen) atoms. The number of ketones is 2. The summed E-state index contributed by atoms with van der Waals surface area (Å²) in [7, 11) is 2.83. The molecule has 1 aromatic rings. The number of carbonyl (C=O) groups excluding carboxylic acids is 4. The molecule has 0 saturated carbocycles. The van der Waals surface area contributed by atoms with Crippen molar-refractivity contribution in [2.75, 3.05) is 14.2 Å². The molecule has 2 amide bonds. The second kappa shape index (κ2) is 8.60. The van der Waals surface area contributed by atoms with E-state index in [-0.39, 0.29) is 46.7 Å². The highest BCUT2D eigenvalue weighted by Gasteiger charge is 2.55. The average molecular weight is 491 g/mol. The first-order valence-corrected chi connectivity index (χ1v) is 11.6. The minimum absolute atomic E-state index is 0.146. The third-order valence-corrected chi connectivity index (χ3v) is 7.57. The van der Waals surface area contributed by atoms with E-state index in [4.69, 9.17) is 9.47 Å². The van der Waals surface area contributed by atoms with Crippen molar-refractivity contribution < 1.29 is 39.0 Å². The third-order valence-electron chi connectivity index (χ3n) is 7.57. The van der Waals surface area contributed by atoms with E-state index >= 15 is 0 Å². The van der Waals surface area contributed by atoms with Crippen LogP contribution in [0.1, 0.15) is 25.3 Å². The monoisotopic (exact) mass is 491 g/mol. The lowest BCUT2D eigenvalue weighted by atomic mass is 9.60. The highest BCUT2D eigenvalue weighted by molar-refractivity contribution is 6.23. The van der Waals surface area contributed by atoms with Crippen molar-refractivity contribution in [1.29, 1.82) is 0 Å². The van der Waals surface area contributed by atoms with Crippen LogP contribution in [0.4, 0.5) is 0 Å². The Bertz CT molecular complexity index is 1320. The number of hydroxylamine groups is 2. The number of Topliss-reactive ketones (excluding diaryl/α,β-unsaturated/α-hetero) is 1. The SMILES string of the molecule is COc1cc(C=CC2C3=CCC4C(=O)N(O)C(=O)C4C3CC3=C2C(=O)C(C)=CC3=O)cc(OC)c1O. The zero-order valence-corrected chi connectivity index (χ0v) is 20.0. The number of ether oxygens (including phenoxy) is 2. The summed E-state index contributed by atoms with van der Waals surface area (Å²) in [5.74, 6) is -4.18. The van der Waals surface area contributed by atoms with Crippen molar-refractivity contribution in [3.63, 3.8) is 0 Å². The Kier molecular flexibility index (Phi) is 5.67. The topological polar surface area (TPSA) is 130 Å². The van der Waals surface area contributed by atoms with Crippen molar-refractivity contribution in [2.45, 2.75) is 19.8 Å². The second-order valence-electron chi connectivity index (χ2n) is 9.39. The van der Waals surface area contributed by atoms with Gasteiger partial charge >= 0.3 is 0 Å². The van der Waals surface area contributed by atoms with E-state index < -0.39 is 35.5 Å². The van der Waals surface area contributed by atoms with Crippen LogP contribution in [0.2, 0.25) is 0 Å². The van der Waals surface area contributed by atoms with Crippen molar-refractivity contribution in [1.82, 2.24) is 5.06 Å². The number of methoxy groups -OCH3 is 2. The molecule has 1 fully saturated rings. The standard InChI is InChI=1S/C27H25NO8/c1-12-8-19(29)18-11-17-14(6-7-16-23(17)27(33)28(34)26(16)32)15(22(18)24(12)30)5-4-13-9-20(35-2)25(31)21(10-13)36-3/h4-6,8-10,15-17,23,31,34H,7,11H2,1-3H3. The van der Waals surface area contributed by atoms with Crippen LogP contribution in [0.5, 0.6) is 17.2 Å². The summed E-state index contributed by atoms with van der Waals surface area (Å²) in [6.45, 7) is 1.60. The fourth-order valence-electron chi connectivity index (χ4n) is 5.84. The molecule has 0 bridgehead atoms. The summed E-state index contributed by atoms with van der Waals surface area (Å²) in [5, 5.41) is 20.4. The number of benzene rings is 1. The molecular weight excluding hydrogens is 466 g/mol. The Labute approximate surface area is 206 Å². The zero-order valence-electron chi connectivity index (χ0n) is 20.0. The molecular formula is C27H25NO8. The summed E-state index contributed by atoms with van der Waals surface area (Å²) in [5.41, 5.74) is 2.44. The predicted octanol–water partition coefficient (Wildman–Crippen LogP) is 2.77. The van der Waals surface area contributed by atoms with Crippen LogP contribution >= 0.6 is 0 Å². The first-order valence-electron chi connectivity index (χ1n) is 11.6. The van der Waals surface area contributed by atoms with E-state index in [1.54, 1.807) is 31.2 Å². The smallest absolute Gasteiger partial charge is 0.257 e. The highest BCUT2D eigenvalue weighted by Crippen LogP contribution is 2.52. The number of carbonyl (C=O) groups is 4. The van der Waals surface area contributed by atoms with Gasteiger partial charge in [-0.25, -0.2) is 0 Å². The summed E-state index contributed by atoms with van der Waals surface area (Å²) < 4.78 is 10.5. The third kappa shape index (κ3) is 3.42. The van der Waals surface area contributed by atoms with Crippen LogP contribution in [-0.2, 0) is 19.2 Å². The predicted molar refractivity (Wildman–Crippen MR) is 126 cm³/mol. The molecule has 2 N–H and O–H groups in total. The number of phenols is 1. The highest BCUT2D eigenvalue weighted by atomic mass is 16.5. The van der Waals surface area contributed by atoms with Gasteiger partial charge in [0.1, 0.15) is 0 Å². The molecule has 5 rings (SSSR count). The molecule has 1 aromatic carbocycles. The molecule has 0 aromatic heterocycles. The van der Waals surface area contributed by atoms with E-state index in [2.05, 4.69) is 0 Å². The van der Waals surface area contributed by atoms with E-state index in [1.807, 2.05) is 6.08 Å². The first kappa shape index (κ1) is 23.7. The number of fused-ring (bicyclic) bond motifs is 3. The van der Waals surface area contributed by atoms with Gasteiger partial charge in [-0.05, 0) is 49.5 Å². The molecule has 9 nitrogen and oxygen atoms in total. The average Bonchev–Trinajstić information content (AvgIpc) is 3.09. The van der Waals surface area contributed by atoms with Gasteiger partial charge in [-0.15, -0.1) is 0 Å². The molecule has 9 heteroatoms. The zero-order chi connectivity index (χ0) is 25.9. The molecule has 4 atom stereocenters. The molecule has 1 heterocycles. The Morgan fingerprint density at radius 2 is 1.69 bits per heavy atom. The van der Waals surface area contributed by atoms with Gasteiger partial charge in [-0.3, -0.25) is 24.4 Å². The second-order valence-corrected chi connectivity index (χ2v) is 9.39. The number of phenolic OH excluding ortho intramolecular Hbond substituents is 1. The number of amides is 2. The van der Waals surface area contributed by atoms with Crippen molar-refractivity contribution in [3.05, 3.63) is 58.2 Å². The van der Waals surface area contributed by atoms with Gasteiger partial charge in [-0.1, -0.05) is 23.8 Å². The molecule has 1 saturated heterocycles. The maximum absolute atomic E-state index is 13.3. The molecule has 0 radical (unpaired) electrons. The van der Waals surface area contributed by atoms with Gasteiger partial charge in [0.15, 0.2) is 23.1 Å². The Hall–Kier alpha value is -3.98. The molecule has 0 spiro atoms. The van der Waals surface area contributed by atoms with Crippen molar-refractivity contribution in [3.8, 4) is 17.2 Å². The fraction of sp³-hybridized carbons (Fsp3) is 0.333. The maximum Gasteiger partial charge on any atom is 0.257 e. The minimum Gasteiger partial charge on any atom is -0.502 e. The molecule has 4 aliphatic rings. The van der Waals surface area contributed by atoms with Crippen LogP contribution in [0.25, 0.3) is 6.08 Å². The Balaban J connectivity index is 1.63. The van der Waals surface area contributed by atoms with Crippen LogP contribution in [-0.4, -0.2) is 53.0 Å². The fourth-order valence-corrected chi connectivity index (χ4v) is 5.84. The van der Waals surface area contributed by atoms with E-state index in [0.717, 1.165) is 5.57 Å². The van der Waals surface area contributed by atoms with E-state index in [1.165, 1.54) is 20.3 Å². The lowest BCUT2D eigenvalue weighted by molar-refractivity contribution is -0.173. The van der Waals surface area contributed by atoms with E-state index in [9.17, 15) is 29.5 Å². The van der Waals surface area contributed by atoms with Crippen LogP contribution in [0, 0.1) is 23.7 Å². The molecule has 3 aliphatic carbocycles. The van der Waals surface area contributed by atoms with Gasteiger partial charge in [0.05, 0.1) is 26.1 Å². The molecule has 186 valence electrons. The molecule has 1 aliphatic heterocycles. The van der Waals surface area contributed by atoms with Crippen LogP contribution < -0.4 is 9.47 Å². The summed E-state index contributed by atoms with van der Waals surface area (Å²) in [4.78, 5) is 51.5. The number of aromatic hydroxyl groups is 1. The number of hydrogen-bond donors (Lipinski definition) is 2. The largest absolute Gasteiger partial charge is 0.502 e. The van der Waals surface area contributed by atoms with Gasteiger partial charge in [0.2, 0.25) is 5.75 Å². The number of allylic oxidation sites excluding steroid dienone is 7. The normalized spacial score (nSPS) is 27.6. The van der Waals surface area contributed by atoms with Crippen molar-refractivity contribution in [2.24, 2.45) is 23.7 Å². The quantitative estimate of drug-likeness (QED) is 0.285. The van der Waals surface area contributed by atoms with E-state index in [0.29, 0.717) is 22.3 Å². The van der Waals surface area contributed by atoms with Gasteiger partial charge < -0.3 is 14.6 Å². The summed E-state index contributed by atoms with van der Waals surface area (Å²) >= 11 is 0. The Morgan fingerprint density at radius 1 is 1.03 bits per heavy atom. The lowest BCUT2D eigenvalue weighted by Gasteiger charge is -2.41.